The highest BCUT2D eigenvalue weighted by Gasteiger charge is 2.30. The number of hydrogen-bond donors (Lipinski definition) is 0. The maximum Gasteiger partial charge on any atom is 0.254 e. The first-order chi connectivity index (χ1) is 16.2. The Morgan fingerprint density at radius 1 is 1.06 bits per heavy atom. The third-order valence-corrected chi connectivity index (χ3v) is 7.15. The van der Waals surface area contributed by atoms with Gasteiger partial charge >= 0.3 is 0 Å². The van der Waals surface area contributed by atoms with Crippen molar-refractivity contribution in [1.82, 2.24) is 19.9 Å². The van der Waals surface area contributed by atoms with Gasteiger partial charge in [0.2, 0.25) is 5.95 Å². The second-order valence-corrected chi connectivity index (χ2v) is 10.8. The topological polar surface area (TPSA) is 96.4 Å². The van der Waals surface area contributed by atoms with Crippen LogP contribution in [0.1, 0.15) is 40.2 Å². The maximum absolute atomic E-state index is 13.6. The van der Waals surface area contributed by atoms with Crippen LogP contribution in [0.3, 0.4) is 0 Å². The average Bonchev–Trinajstić information content (AvgIpc) is 2.82. The van der Waals surface area contributed by atoms with E-state index in [0.717, 1.165) is 55.1 Å². The number of pyridine rings is 1. The minimum absolute atomic E-state index is 0.0319. The molecule has 9 heteroatoms. The first kappa shape index (κ1) is 23.8. The van der Waals surface area contributed by atoms with Crippen LogP contribution in [-0.4, -0.2) is 59.6 Å². The van der Waals surface area contributed by atoms with E-state index in [4.69, 9.17) is 0 Å². The van der Waals surface area contributed by atoms with Crippen LogP contribution in [0.25, 0.3) is 0 Å². The minimum atomic E-state index is -3.32. The Balaban J connectivity index is 1.55. The van der Waals surface area contributed by atoms with Gasteiger partial charge in [-0.3, -0.25) is 9.78 Å². The van der Waals surface area contributed by atoms with E-state index in [-0.39, 0.29) is 16.8 Å². The number of anilines is 1. The Kier molecular flexibility index (Phi) is 6.92. The van der Waals surface area contributed by atoms with Crippen molar-refractivity contribution >= 4 is 21.7 Å². The first-order valence-corrected chi connectivity index (χ1v) is 13.2. The van der Waals surface area contributed by atoms with Gasteiger partial charge in [-0.1, -0.05) is 6.07 Å². The molecule has 0 aliphatic carbocycles. The minimum Gasteiger partial charge on any atom is -0.341 e. The van der Waals surface area contributed by atoms with Gasteiger partial charge < -0.3 is 9.80 Å². The lowest BCUT2D eigenvalue weighted by Gasteiger charge is -2.39. The van der Waals surface area contributed by atoms with Crippen molar-refractivity contribution in [3.05, 3.63) is 77.4 Å². The van der Waals surface area contributed by atoms with Gasteiger partial charge in [-0.25, -0.2) is 18.4 Å². The fourth-order valence-corrected chi connectivity index (χ4v) is 4.92. The maximum atomic E-state index is 13.6. The zero-order valence-corrected chi connectivity index (χ0v) is 20.5. The number of carbonyl (C=O) groups is 1. The lowest BCUT2D eigenvalue weighted by atomic mass is 10.0. The molecule has 8 nitrogen and oxygen atoms in total. The molecular formula is C25H29N5O3S. The molecule has 0 bridgehead atoms. The van der Waals surface area contributed by atoms with Crippen LogP contribution in [0.5, 0.6) is 0 Å². The SMILES string of the molecule is Cc1cc(C)nc(N2CCC(N(Cc3cccnc3)C(=O)c3ccc(S(C)(=O)=O)cc3)CC2)n1. The molecule has 0 N–H and O–H groups in total. The summed E-state index contributed by atoms with van der Waals surface area (Å²) in [6, 6.07) is 12.0. The molecule has 1 aliphatic rings. The summed E-state index contributed by atoms with van der Waals surface area (Å²) in [4.78, 5) is 31.2. The van der Waals surface area contributed by atoms with Crippen molar-refractivity contribution < 1.29 is 13.2 Å². The Bertz CT molecular complexity index is 1240. The second-order valence-electron chi connectivity index (χ2n) is 8.76. The molecule has 1 aromatic carbocycles. The summed E-state index contributed by atoms with van der Waals surface area (Å²) in [7, 11) is -3.32. The van der Waals surface area contributed by atoms with Gasteiger partial charge in [0, 0.05) is 61.3 Å². The Morgan fingerprint density at radius 2 is 1.71 bits per heavy atom. The number of nitrogens with zero attached hydrogens (tertiary/aromatic N) is 5. The highest BCUT2D eigenvalue weighted by molar-refractivity contribution is 7.90. The fraction of sp³-hybridized carbons (Fsp3) is 0.360. The van der Waals surface area contributed by atoms with Crippen LogP contribution in [0.2, 0.25) is 0 Å². The van der Waals surface area contributed by atoms with Gasteiger partial charge in [-0.2, -0.15) is 0 Å². The van der Waals surface area contributed by atoms with E-state index in [1.165, 1.54) is 12.1 Å². The van der Waals surface area contributed by atoms with Crippen LogP contribution in [0, 0.1) is 13.8 Å². The lowest BCUT2D eigenvalue weighted by Crippen LogP contribution is -2.47. The smallest absolute Gasteiger partial charge is 0.254 e. The van der Waals surface area contributed by atoms with E-state index < -0.39 is 9.84 Å². The Hall–Kier alpha value is -3.33. The summed E-state index contributed by atoms with van der Waals surface area (Å²) < 4.78 is 23.6. The average molecular weight is 480 g/mol. The molecule has 2 aromatic heterocycles. The molecule has 1 amide bonds. The van der Waals surface area contributed by atoms with Gasteiger partial charge in [0.15, 0.2) is 9.84 Å². The second kappa shape index (κ2) is 9.89. The van der Waals surface area contributed by atoms with E-state index in [1.54, 1.807) is 24.5 Å². The molecule has 4 rings (SSSR count). The third-order valence-electron chi connectivity index (χ3n) is 6.02. The largest absolute Gasteiger partial charge is 0.341 e. The lowest BCUT2D eigenvalue weighted by molar-refractivity contribution is 0.0630. The predicted molar refractivity (Wildman–Crippen MR) is 130 cm³/mol. The number of aromatic nitrogens is 3. The molecule has 1 aliphatic heterocycles. The number of carbonyl (C=O) groups excluding carboxylic acids is 1. The van der Waals surface area contributed by atoms with Gasteiger partial charge in [-0.05, 0) is 68.7 Å². The highest BCUT2D eigenvalue weighted by atomic mass is 32.2. The van der Waals surface area contributed by atoms with Crippen molar-refractivity contribution in [3.8, 4) is 0 Å². The number of aryl methyl sites for hydroxylation is 2. The quantitative estimate of drug-likeness (QED) is 0.536. The molecule has 0 saturated carbocycles. The summed E-state index contributed by atoms with van der Waals surface area (Å²) in [5.74, 6) is 0.613. The van der Waals surface area contributed by atoms with E-state index >= 15 is 0 Å². The number of benzene rings is 1. The summed E-state index contributed by atoms with van der Waals surface area (Å²) in [6.07, 6.45) is 6.20. The first-order valence-electron chi connectivity index (χ1n) is 11.3. The molecule has 0 unspecified atom stereocenters. The number of amides is 1. The van der Waals surface area contributed by atoms with E-state index in [2.05, 4.69) is 19.9 Å². The predicted octanol–water partition coefficient (Wildman–Crippen LogP) is 3.20. The fourth-order valence-electron chi connectivity index (χ4n) is 4.29. The van der Waals surface area contributed by atoms with Crippen LogP contribution in [0.15, 0.2) is 59.8 Å². The molecule has 34 heavy (non-hydrogen) atoms. The van der Waals surface area contributed by atoms with Crippen LogP contribution in [-0.2, 0) is 16.4 Å². The van der Waals surface area contributed by atoms with Crippen molar-refractivity contribution in [2.75, 3.05) is 24.2 Å². The van der Waals surface area contributed by atoms with Crippen LogP contribution >= 0.6 is 0 Å². The van der Waals surface area contributed by atoms with Crippen LogP contribution < -0.4 is 4.90 Å². The standard InChI is InChI=1S/C25H29N5O3S/c1-18-15-19(2)28-25(27-18)29-13-10-22(11-14-29)30(17-20-5-4-12-26-16-20)24(31)21-6-8-23(9-7-21)34(3,32)33/h4-9,12,15-16,22H,10-11,13-14,17H2,1-3H3. The summed E-state index contributed by atoms with van der Waals surface area (Å²) in [6.45, 7) is 5.86. The van der Waals surface area contributed by atoms with E-state index in [0.29, 0.717) is 12.1 Å². The van der Waals surface area contributed by atoms with Crippen molar-refractivity contribution in [1.29, 1.82) is 0 Å². The van der Waals surface area contributed by atoms with Crippen molar-refractivity contribution in [2.45, 2.75) is 44.2 Å². The van der Waals surface area contributed by atoms with Crippen molar-refractivity contribution in [3.63, 3.8) is 0 Å². The normalized spacial score (nSPS) is 14.7. The molecule has 1 saturated heterocycles. The molecule has 178 valence electrons. The van der Waals surface area contributed by atoms with Gasteiger partial charge in [0.25, 0.3) is 5.91 Å². The monoisotopic (exact) mass is 479 g/mol. The Morgan fingerprint density at radius 3 is 2.26 bits per heavy atom. The van der Waals surface area contributed by atoms with E-state index in [9.17, 15) is 13.2 Å². The van der Waals surface area contributed by atoms with Crippen LogP contribution in [0.4, 0.5) is 5.95 Å². The summed E-state index contributed by atoms with van der Waals surface area (Å²) >= 11 is 0. The molecule has 0 atom stereocenters. The highest BCUT2D eigenvalue weighted by Crippen LogP contribution is 2.24. The molecule has 3 heterocycles. The van der Waals surface area contributed by atoms with Gasteiger partial charge in [-0.15, -0.1) is 0 Å². The van der Waals surface area contributed by atoms with Crippen molar-refractivity contribution in [2.24, 2.45) is 0 Å². The van der Waals surface area contributed by atoms with Gasteiger partial charge in [0.05, 0.1) is 4.90 Å². The zero-order valence-electron chi connectivity index (χ0n) is 19.7. The molecular weight excluding hydrogens is 450 g/mol. The zero-order chi connectivity index (χ0) is 24.3. The summed E-state index contributed by atoms with van der Waals surface area (Å²) in [5.41, 5.74) is 3.30. The molecule has 3 aromatic rings. The van der Waals surface area contributed by atoms with E-state index in [1.807, 2.05) is 36.9 Å². The number of sulfone groups is 1. The Labute approximate surface area is 200 Å². The molecule has 0 radical (unpaired) electrons. The number of piperidine rings is 1. The third kappa shape index (κ3) is 5.59. The number of hydrogen-bond acceptors (Lipinski definition) is 7. The molecule has 0 spiro atoms. The number of rotatable bonds is 6. The van der Waals surface area contributed by atoms with Gasteiger partial charge in [0.1, 0.15) is 0 Å². The summed E-state index contributed by atoms with van der Waals surface area (Å²) in [5, 5.41) is 0. The molecule has 1 fully saturated rings.